The van der Waals surface area contributed by atoms with Gasteiger partial charge in [0.25, 0.3) is 0 Å². The van der Waals surface area contributed by atoms with E-state index in [-0.39, 0.29) is 0 Å². The lowest BCUT2D eigenvalue weighted by molar-refractivity contribution is 0.0600. The molecule has 0 saturated carbocycles. The van der Waals surface area contributed by atoms with E-state index in [9.17, 15) is 9.59 Å². The van der Waals surface area contributed by atoms with E-state index in [1.807, 2.05) is 0 Å². The summed E-state index contributed by atoms with van der Waals surface area (Å²) in [6.45, 7) is 0.350. The number of carbonyl (C=O) groups is 2. The van der Waals surface area contributed by atoms with E-state index in [4.69, 9.17) is 11.6 Å². The Morgan fingerprint density at radius 2 is 1.95 bits per heavy atom. The Hall–Kier alpha value is -2.60. The number of nitrogens with zero attached hydrogens (tertiary/aromatic N) is 1. The largest absolute Gasteiger partial charge is 0.465 e. The number of nitrogens with one attached hydrogen (secondary N) is 2. The van der Waals surface area contributed by atoms with E-state index in [1.165, 1.54) is 25.3 Å². The number of amides is 2. The summed E-state index contributed by atoms with van der Waals surface area (Å²) in [5.74, 6) is -0.503. The fraction of sp³-hybridized carbons (Fsp3) is 0.133. The quantitative estimate of drug-likeness (QED) is 0.849. The maximum absolute atomic E-state index is 11.9. The lowest BCUT2D eigenvalue weighted by Crippen LogP contribution is -2.28. The van der Waals surface area contributed by atoms with Gasteiger partial charge >= 0.3 is 12.0 Å². The zero-order valence-electron chi connectivity index (χ0n) is 11.8. The average molecular weight is 320 g/mol. The van der Waals surface area contributed by atoms with Crippen LogP contribution in [0.5, 0.6) is 0 Å². The molecule has 1 aromatic heterocycles. The SMILES string of the molecule is COC(=O)c1ccc(Cl)c(NC(=O)NCc2ccncc2)c1. The number of hydrogen-bond donors (Lipinski definition) is 2. The van der Waals surface area contributed by atoms with E-state index < -0.39 is 12.0 Å². The first kappa shape index (κ1) is 15.8. The van der Waals surface area contributed by atoms with Gasteiger partial charge in [0.05, 0.1) is 23.4 Å². The van der Waals surface area contributed by atoms with Crippen molar-refractivity contribution < 1.29 is 14.3 Å². The van der Waals surface area contributed by atoms with Crippen molar-refractivity contribution in [2.75, 3.05) is 12.4 Å². The highest BCUT2D eigenvalue weighted by Crippen LogP contribution is 2.23. The minimum absolute atomic E-state index is 0.302. The first-order valence-electron chi connectivity index (χ1n) is 6.42. The van der Waals surface area contributed by atoms with Gasteiger partial charge in [-0.05, 0) is 35.9 Å². The van der Waals surface area contributed by atoms with Crippen molar-refractivity contribution >= 4 is 29.3 Å². The molecule has 0 radical (unpaired) electrons. The molecule has 1 heterocycles. The summed E-state index contributed by atoms with van der Waals surface area (Å²) in [6.07, 6.45) is 3.29. The van der Waals surface area contributed by atoms with Crippen molar-refractivity contribution in [3.8, 4) is 0 Å². The molecule has 114 valence electrons. The fourth-order valence-corrected chi connectivity index (χ4v) is 1.88. The number of carbonyl (C=O) groups excluding carboxylic acids is 2. The summed E-state index contributed by atoms with van der Waals surface area (Å²) in [6, 6.07) is 7.66. The number of aromatic nitrogens is 1. The van der Waals surface area contributed by atoms with Gasteiger partial charge in [-0.1, -0.05) is 11.6 Å². The molecule has 6 nitrogen and oxygen atoms in total. The summed E-state index contributed by atoms with van der Waals surface area (Å²) < 4.78 is 4.63. The number of halogens is 1. The normalized spacial score (nSPS) is 9.91. The van der Waals surface area contributed by atoms with Crippen LogP contribution < -0.4 is 10.6 Å². The Morgan fingerprint density at radius 3 is 2.64 bits per heavy atom. The van der Waals surface area contributed by atoms with Crippen LogP contribution >= 0.6 is 11.6 Å². The van der Waals surface area contributed by atoms with E-state index in [1.54, 1.807) is 24.5 Å². The third-order valence-corrected chi connectivity index (χ3v) is 3.17. The van der Waals surface area contributed by atoms with Crippen LogP contribution in [-0.4, -0.2) is 24.1 Å². The average Bonchev–Trinajstić information content (AvgIpc) is 2.55. The molecule has 7 heteroatoms. The molecule has 0 aliphatic carbocycles. The summed E-state index contributed by atoms with van der Waals surface area (Å²) >= 11 is 6.00. The molecule has 0 atom stereocenters. The fourth-order valence-electron chi connectivity index (χ4n) is 1.72. The first-order chi connectivity index (χ1) is 10.6. The maximum Gasteiger partial charge on any atom is 0.337 e. The van der Waals surface area contributed by atoms with Crippen LogP contribution in [0, 0.1) is 0 Å². The molecule has 0 saturated heterocycles. The van der Waals surface area contributed by atoms with E-state index in [0.29, 0.717) is 22.8 Å². The highest BCUT2D eigenvalue weighted by molar-refractivity contribution is 6.33. The van der Waals surface area contributed by atoms with Gasteiger partial charge in [-0.25, -0.2) is 9.59 Å². The highest BCUT2D eigenvalue weighted by atomic mass is 35.5. The molecule has 1 aromatic carbocycles. The van der Waals surface area contributed by atoms with E-state index in [0.717, 1.165) is 5.56 Å². The van der Waals surface area contributed by atoms with Gasteiger partial charge in [-0.15, -0.1) is 0 Å². The number of methoxy groups -OCH3 is 1. The number of benzene rings is 1. The smallest absolute Gasteiger partial charge is 0.337 e. The second-order valence-electron chi connectivity index (χ2n) is 4.35. The molecule has 2 amide bonds. The van der Waals surface area contributed by atoms with E-state index >= 15 is 0 Å². The molecule has 0 unspecified atom stereocenters. The van der Waals surface area contributed by atoms with Crippen molar-refractivity contribution in [3.63, 3.8) is 0 Å². The Kier molecular flexibility index (Phi) is 5.32. The second kappa shape index (κ2) is 7.42. The lowest BCUT2D eigenvalue weighted by atomic mass is 10.2. The summed E-state index contributed by atoms with van der Waals surface area (Å²) in [5, 5.41) is 5.60. The molecule has 0 aliphatic rings. The van der Waals surface area contributed by atoms with Crippen molar-refractivity contribution in [1.29, 1.82) is 0 Å². The van der Waals surface area contributed by atoms with Crippen LogP contribution in [0.3, 0.4) is 0 Å². The second-order valence-corrected chi connectivity index (χ2v) is 4.76. The zero-order chi connectivity index (χ0) is 15.9. The number of ether oxygens (including phenoxy) is 1. The molecule has 0 fully saturated rings. The number of anilines is 1. The van der Waals surface area contributed by atoms with Crippen molar-refractivity contribution in [3.05, 3.63) is 58.9 Å². The summed E-state index contributed by atoms with van der Waals surface area (Å²) in [7, 11) is 1.28. The van der Waals surface area contributed by atoms with Crippen molar-refractivity contribution in [2.24, 2.45) is 0 Å². The number of rotatable bonds is 4. The molecule has 0 bridgehead atoms. The van der Waals surface area contributed by atoms with Gasteiger partial charge in [-0.3, -0.25) is 4.98 Å². The van der Waals surface area contributed by atoms with Crippen LogP contribution in [0.4, 0.5) is 10.5 Å². The molecular formula is C15H14ClN3O3. The zero-order valence-corrected chi connectivity index (χ0v) is 12.6. The summed E-state index contributed by atoms with van der Waals surface area (Å²) in [4.78, 5) is 27.2. The lowest BCUT2D eigenvalue weighted by Gasteiger charge is -2.10. The van der Waals surface area contributed by atoms with Crippen LogP contribution in [-0.2, 0) is 11.3 Å². The molecule has 2 aromatic rings. The number of hydrogen-bond acceptors (Lipinski definition) is 4. The Morgan fingerprint density at radius 1 is 1.23 bits per heavy atom. The predicted octanol–water partition coefficient (Wildman–Crippen LogP) is 2.84. The minimum Gasteiger partial charge on any atom is -0.465 e. The van der Waals surface area contributed by atoms with Gasteiger partial charge in [0.15, 0.2) is 0 Å². The van der Waals surface area contributed by atoms with Crippen LogP contribution in [0.2, 0.25) is 5.02 Å². The Labute approximate surface area is 132 Å². The minimum atomic E-state index is -0.503. The number of pyridine rings is 1. The third kappa shape index (κ3) is 4.20. The molecule has 0 aliphatic heterocycles. The topological polar surface area (TPSA) is 80.3 Å². The number of urea groups is 1. The van der Waals surface area contributed by atoms with Crippen molar-refractivity contribution in [2.45, 2.75) is 6.54 Å². The predicted molar refractivity (Wildman–Crippen MR) is 82.9 cm³/mol. The van der Waals surface area contributed by atoms with Gasteiger partial charge in [0.1, 0.15) is 0 Å². The summed E-state index contributed by atoms with van der Waals surface area (Å²) in [5.41, 5.74) is 1.55. The van der Waals surface area contributed by atoms with Gasteiger partial charge in [0, 0.05) is 18.9 Å². The molecule has 22 heavy (non-hydrogen) atoms. The molecule has 2 N–H and O–H groups in total. The standard InChI is InChI=1S/C15H14ClN3O3/c1-22-14(20)11-2-3-12(16)13(8-11)19-15(21)18-9-10-4-6-17-7-5-10/h2-8H,9H2,1H3,(H2,18,19,21). The van der Waals surface area contributed by atoms with Crippen molar-refractivity contribution in [1.82, 2.24) is 10.3 Å². The van der Waals surface area contributed by atoms with Crippen LogP contribution in [0.25, 0.3) is 0 Å². The van der Waals surface area contributed by atoms with Crippen LogP contribution in [0.15, 0.2) is 42.7 Å². The molecule has 2 rings (SSSR count). The number of esters is 1. The first-order valence-corrected chi connectivity index (χ1v) is 6.79. The van der Waals surface area contributed by atoms with Gasteiger partial charge in [-0.2, -0.15) is 0 Å². The Bertz CT molecular complexity index is 677. The highest BCUT2D eigenvalue weighted by Gasteiger charge is 2.11. The van der Waals surface area contributed by atoms with Gasteiger partial charge in [0.2, 0.25) is 0 Å². The third-order valence-electron chi connectivity index (χ3n) is 2.84. The molecule has 0 spiro atoms. The van der Waals surface area contributed by atoms with Gasteiger partial charge < -0.3 is 15.4 Å². The monoisotopic (exact) mass is 319 g/mol. The Balaban J connectivity index is 2.00. The maximum atomic E-state index is 11.9. The van der Waals surface area contributed by atoms with E-state index in [2.05, 4.69) is 20.4 Å². The van der Waals surface area contributed by atoms with Crippen LogP contribution in [0.1, 0.15) is 15.9 Å². The molecular weight excluding hydrogens is 306 g/mol.